The van der Waals surface area contributed by atoms with Crippen LogP contribution in [-0.2, 0) is 15.1 Å². The van der Waals surface area contributed by atoms with Crippen molar-refractivity contribution < 1.29 is 23.9 Å². The molecule has 0 spiro atoms. The number of hydrogen-bond acceptors (Lipinski definition) is 7. The van der Waals surface area contributed by atoms with Gasteiger partial charge < -0.3 is 19.1 Å². The Hall–Kier alpha value is -2.25. The molecule has 1 aliphatic carbocycles. The lowest BCUT2D eigenvalue weighted by molar-refractivity contribution is -0.230. The minimum atomic E-state index is -0.720. The highest BCUT2D eigenvalue weighted by atomic mass is 16.5. The van der Waals surface area contributed by atoms with Gasteiger partial charge in [0.2, 0.25) is 5.82 Å². The number of aromatic nitrogens is 2. The first-order chi connectivity index (χ1) is 11.6. The summed E-state index contributed by atoms with van der Waals surface area (Å²) in [5.74, 6) is 0.279. The van der Waals surface area contributed by atoms with Gasteiger partial charge in [-0.2, -0.15) is 4.98 Å². The highest BCUT2D eigenvalue weighted by Gasteiger charge is 2.53. The van der Waals surface area contributed by atoms with Crippen molar-refractivity contribution in [2.45, 2.75) is 36.9 Å². The molecule has 0 amide bonds. The molecule has 0 radical (unpaired) electrons. The number of aliphatic hydroxyl groups is 1. The number of esters is 1. The van der Waals surface area contributed by atoms with E-state index < -0.39 is 17.2 Å². The summed E-state index contributed by atoms with van der Waals surface area (Å²) in [4.78, 5) is 16.4. The van der Waals surface area contributed by atoms with Gasteiger partial charge in [-0.1, -0.05) is 23.4 Å². The minimum absolute atomic E-state index is 0.281. The predicted molar refractivity (Wildman–Crippen MR) is 82.1 cm³/mol. The van der Waals surface area contributed by atoms with E-state index in [9.17, 15) is 9.90 Å². The number of nitrogens with zero attached hydrogens (tertiary/aromatic N) is 2. The van der Waals surface area contributed by atoms with Gasteiger partial charge in [-0.25, -0.2) is 4.79 Å². The normalized spacial score (nSPS) is 28.8. The largest absolute Gasteiger partial charge is 0.465 e. The second-order valence-corrected chi connectivity index (χ2v) is 6.47. The van der Waals surface area contributed by atoms with E-state index in [1.807, 2.05) is 0 Å². The van der Waals surface area contributed by atoms with Crippen molar-refractivity contribution >= 4 is 5.97 Å². The Morgan fingerprint density at radius 3 is 2.67 bits per heavy atom. The Morgan fingerprint density at radius 1 is 1.25 bits per heavy atom. The van der Waals surface area contributed by atoms with Crippen LogP contribution in [0.5, 0.6) is 0 Å². The van der Waals surface area contributed by atoms with E-state index >= 15 is 0 Å². The molecule has 1 saturated carbocycles. The maximum atomic E-state index is 11.9. The second-order valence-electron chi connectivity index (χ2n) is 6.47. The molecular formula is C17H18N2O5. The molecule has 1 aromatic heterocycles. The van der Waals surface area contributed by atoms with Gasteiger partial charge in [-0.3, -0.25) is 0 Å². The maximum Gasteiger partial charge on any atom is 0.338 e. The molecule has 3 fully saturated rings. The van der Waals surface area contributed by atoms with Gasteiger partial charge in [0.15, 0.2) is 0 Å². The molecule has 2 bridgehead atoms. The third-order valence-corrected chi connectivity index (χ3v) is 4.99. The van der Waals surface area contributed by atoms with E-state index in [1.54, 1.807) is 24.3 Å². The molecule has 1 aromatic carbocycles. The molecule has 0 atom stereocenters. The van der Waals surface area contributed by atoms with Gasteiger partial charge >= 0.3 is 5.97 Å². The Bertz CT molecular complexity index is 760. The summed E-state index contributed by atoms with van der Waals surface area (Å²) < 4.78 is 16.1. The minimum Gasteiger partial charge on any atom is -0.465 e. The first-order valence-electron chi connectivity index (χ1n) is 7.94. The Kier molecular flexibility index (Phi) is 3.43. The highest BCUT2D eigenvalue weighted by molar-refractivity contribution is 5.96. The molecule has 7 nitrogen and oxygen atoms in total. The van der Waals surface area contributed by atoms with Crippen LogP contribution in [0.3, 0.4) is 0 Å². The summed E-state index contributed by atoms with van der Waals surface area (Å²) in [7, 11) is 1.33. The van der Waals surface area contributed by atoms with Crippen molar-refractivity contribution in [1.82, 2.24) is 10.1 Å². The predicted octanol–water partition coefficient (Wildman–Crippen LogP) is 2.05. The summed E-state index contributed by atoms with van der Waals surface area (Å²) in [6.07, 6.45) is 2.60. The van der Waals surface area contributed by atoms with Crippen LogP contribution in [0.2, 0.25) is 0 Å². The molecule has 0 unspecified atom stereocenters. The number of hydrogen-bond donors (Lipinski definition) is 1. The van der Waals surface area contributed by atoms with Crippen LogP contribution in [0, 0.1) is 0 Å². The molecule has 2 aliphatic heterocycles. The Labute approximate surface area is 138 Å². The SMILES string of the molecule is COC(=O)c1ccccc1-c1noc(C23CCC(O)(CC2)CO3)n1. The monoisotopic (exact) mass is 330 g/mol. The van der Waals surface area contributed by atoms with Crippen LogP contribution in [0.25, 0.3) is 11.4 Å². The maximum absolute atomic E-state index is 11.9. The summed E-state index contributed by atoms with van der Waals surface area (Å²) in [6.45, 7) is 0.281. The van der Waals surface area contributed by atoms with Crippen molar-refractivity contribution in [3.63, 3.8) is 0 Å². The zero-order valence-corrected chi connectivity index (χ0v) is 13.3. The van der Waals surface area contributed by atoms with Gasteiger partial charge in [0.25, 0.3) is 5.89 Å². The average molecular weight is 330 g/mol. The first-order valence-corrected chi connectivity index (χ1v) is 7.94. The molecule has 2 aromatic rings. The highest BCUT2D eigenvalue weighted by Crippen LogP contribution is 2.49. The molecule has 1 N–H and O–H groups in total. The van der Waals surface area contributed by atoms with Crippen LogP contribution in [0.15, 0.2) is 28.8 Å². The third-order valence-electron chi connectivity index (χ3n) is 4.99. The number of carbonyl (C=O) groups is 1. The van der Waals surface area contributed by atoms with E-state index in [0.717, 1.165) is 0 Å². The molecule has 24 heavy (non-hydrogen) atoms. The van der Waals surface area contributed by atoms with Crippen molar-refractivity contribution in [3.05, 3.63) is 35.7 Å². The number of carbonyl (C=O) groups excluding carboxylic acids is 1. The van der Waals surface area contributed by atoms with Gasteiger partial charge in [-0.15, -0.1) is 0 Å². The Morgan fingerprint density at radius 2 is 2.00 bits per heavy atom. The molecule has 3 aliphatic rings. The summed E-state index contributed by atoms with van der Waals surface area (Å²) in [5, 5.41) is 14.3. The summed E-state index contributed by atoms with van der Waals surface area (Å²) in [5.41, 5.74) is -0.413. The number of fused-ring (bicyclic) bond motifs is 3. The fourth-order valence-corrected chi connectivity index (χ4v) is 3.44. The van der Waals surface area contributed by atoms with Crippen molar-refractivity contribution in [2.75, 3.05) is 13.7 Å². The van der Waals surface area contributed by atoms with Crippen molar-refractivity contribution in [2.24, 2.45) is 0 Å². The zero-order valence-electron chi connectivity index (χ0n) is 13.3. The number of methoxy groups -OCH3 is 1. The molecule has 126 valence electrons. The van der Waals surface area contributed by atoms with E-state index in [-0.39, 0.29) is 6.61 Å². The van der Waals surface area contributed by atoms with Crippen LogP contribution in [0.4, 0.5) is 0 Å². The van der Waals surface area contributed by atoms with E-state index in [2.05, 4.69) is 10.1 Å². The lowest BCUT2D eigenvalue weighted by atomic mass is 9.73. The third kappa shape index (κ3) is 2.32. The smallest absolute Gasteiger partial charge is 0.338 e. The van der Waals surface area contributed by atoms with Gasteiger partial charge in [0, 0.05) is 5.56 Å². The summed E-state index contributed by atoms with van der Waals surface area (Å²) in [6, 6.07) is 6.96. The quantitative estimate of drug-likeness (QED) is 0.861. The topological polar surface area (TPSA) is 94.7 Å². The van der Waals surface area contributed by atoms with Crippen LogP contribution < -0.4 is 0 Å². The van der Waals surface area contributed by atoms with Gasteiger partial charge in [0.1, 0.15) is 5.60 Å². The second kappa shape index (κ2) is 5.39. The van der Waals surface area contributed by atoms with E-state index in [4.69, 9.17) is 14.0 Å². The number of benzene rings is 1. The van der Waals surface area contributed by atoms with Crippen molar-refractivity contribution in [1.29, 1.82) is 0 Å². The van der Waals surface area contributed by atoms with E-state index in [0.29, 0.717) is 48.5 Å². The number of ether oxygens (including phenoxy) is 2. The van der Waals surface area contributed by atoms with Crippen LogP contribution in [0.1, 0.15) is 41.9 Å². The van der Waals surface area contributed by atoms with Gasteiger partial charge in [0.05, 0.1) is 24.9 Å². The lowest BCUT2D eigenvalue weighted by Crippen LogP contribution is -2.53. The molecular weight excluding hydrogens is 312 g/mol. The zero-order chi connectivity index (χ0) is 16.8. The lowest BCUT2D eigenvalue weighted by Gasteiger charge is -2.48. The average Bonchev–Trinajstić information content (AvgIpc) is 3.13. The first kappa shape index (κ1) is 15.3. The van der Waals surface area contributed by atoms with Crippen LogP contribution >= 0.6 is 0 Å². The van der Waals surface area contributed by atoms with Gasteiger partial charge in [-0.05, 0) is 31.7 Å². The standard InChI is InChI=1S/C17H18N2O5/c1-22-14(20)12-5-3-2-4-11(12)13-18-15(24-19-13)17-8-6-16(21,7-9-17)10-23-17/h2-5,21H,6-10H2,1H3. The van der Waals surface area contributed by atoms with Crippen LogP contribution in [-0.4, -0.2) is 40.5 Å². The molecule has 7 heteroatoms. The number of rotatable bonds is 3. The van der Waals surface area contributed by atoms with Crippen molar-refractivity contribution in [3.8, 4) is 11.4 Å². The fourth-order valence-electron chi connectivity index (χ4n) is 3.44. The Balaban J connectivity index is 1.68. The molecule has 2 saturated heterocycles. The summed E-state index contributed by atoms with van der Waals surface area (Å²) >= 11 is 0. The fraction of sp³-hybridized carbons (Fsp3) is 0.471. The molecule has 3 heterocycles. The van der Waals surface area contributed by atoms with E-state index in [1.165, 1.54) is 7.11 Å². The molecule has 5 rings (SSSR count).